The van der Waals surface area contributed by atoms with Crippen LogP contribution in [0, 0.1) is 18.3 Å². The Morgan fingerprint density at radius 2 is 2.10 bits per heavy atom. The number of anilines is 2. The second-order valence-corrected chi connectivity index (χ2v) is 4.36. The van der Waals surface area contributed by atoms with Crippen molar-refractivity contribution in [1.29, 1.82) is 5.26 Å². The number of aromatic nitrogens is 3. The molecule has 20 heavy (non-hydrogen) atoms. The first kappa shape index (κ1) is 12.1. The molecule has 0 saturated carbocycles. The SMILES string of the molecule is Cc1cc(C#N)nc(Nc2cccc3cnccc23)n1. The van der Waals surface area contributed by atoms with Gasteiger partial charge in [0, 0.05) is 34.5 Å². The molecule has 0 aliphatic rings. The zero-order chi connectivity index (χ0) is 13.9. The van der Waals surface area contributed by atoms with E-state index in [-0.39, 0.29) is 0 Å². The molecule has 2 aromatic heterocycles. The molecular formula is C15H11N5. The smallest absolute Gasteiger partial charge is 0.228 e. The lowest BCUT2D eigenvalue weighted by Gasteiger charge is -2.08. The third kappa shape index (κ3) is 2.27. The number of nitrogens with zero attached hydrogens (tertiary/aromatic N) is 4. The number of fused-ring (bicyclic) bond motifs is 1. The molecule has 3 rings (SSSR count). The molecule has 0 atom stereocenters. The molecule has 96 valence electrons. The van der Waals surface area contributed by atoms with Gasteiger partial charge in [-0.05, 0) is 25.1 Å². The van der Waals surface area contributed by atoms with E-state index in [2.05, 4.69) is 20.3 Å². The van der Waals surface area contributed by atoms with Gasteiger partial charge in [-0.25, -0.2) is 9.97 Å². The van der Waals surface area contributed by atoms with Gasteiger partial charge in [-0.3, -0.25) is 4.98 Å². The van der Waals surface area contributed by atoms with E-state index in [0.29, 0.717) is 11.6 Å². The molecule has 1 aromatic carbocycles. The average molecular weight is 261 g/mol. The summed E-state index contributed by atoms with van der Waals surface area (Å²) < 4.78 is 0. The summed E-state index contributed by atoms with van der Waals surface area (Å²) in [6, 6.07) is 11.5. The summed E-state index contributed by atoms with van der Waals surface area (Å²) in [5, 5.41) is 14.2. The van der Waals surface area contributed by atoms with Crippen LogP contribution in [0.15, 0.2) is 42.7 Å². The van der Waals surface area contributed by atoms with E-state index < -0.39 is 0 Å². The van der Waals surface area contributed by atoms with Crippen molar-refractivity contribution in [3.8, 4) is 6.07 Å². The third-order valence-corrected chi connectivity index (χ3v) is 2.90. The fourth-order valence-corrected chi connectivity index (χ4v) is 2.03. The van der Waals surface area contributed by atoms with Crippen LogP contribution in [0.1, 0.15) is 11.4 Å². The molecule has 0 radical (unpaired) electrons. The van der Waals surface area contributed by atoms with Crippen LogP contribution in [0.5, 0.6) is 0 Å². The van der Waals surface area contributed by atoms with E-state index >= 15 is 0 Å². The van der Waals surface area contributed by atoms with Gasteiger partial charge in [-0.2, -0.15) is 5.26 Å². The molecule has 0 aliphatic carbocycles. The van der Waals surface area contributed by atoms with E-state index in [4.69, 9.17) is 5.26 Å². The summed E-state index contributed by atoms with van der Waals surface area (Å²) in [5.74, 6) is 0.422. The summed E-state index contributed by atoms with van der Waals surface area (Å²) in [6.45, 7) is 1.83. The first-order chi connectivity index (χ1) is 9.76. The van der Waals surface area contributed by atoms with Crippen molar-refractivity contribution in [2.75, 3.05) is 5.32 Å². The summed E-state index contributed by atoms with van der Waals surface area (Å²) in [5.41, 5.74) is 1.99. The monoisotopic (exact) mass is 261 g/mol. The van der Waals surface area contributed by atoms with Crippen LogP contribution < -0.4 is 5.32 Å². The molecule has 0 fully saturated rings. The Balaban J connectivity index is 2.06. The van der Waals surface area contributed by atoms with Crippen molar-refractivity contribution in [2.24, 2.45) is 0 Å². The topological polar surface area (TPSA) is 74.5 Å². The van der Waals surface area contributed by atoms with Crippen molar-refractivity contribution in [3.05, 3.63) is 54.1 Å². The second kappa shape index (κ2) is 4.94. The van der Waals surface area contributed by atoms with Crippen molar-refractivity contribution < 1.29 is 0 Å². The number of nitrogens with one attached hydrogen (secondary N) is 1. The maximum absolute atomic E-state index is 8.95. The van der Waals surface area contributed by atoms with E-state index in [1.807, 2.05) is 37.3 Å². The number of benzene rings is 1. The lowest BCUT2D eigenvalue weighted by molar-refractivity contribution is 1.09. The van der Waals surface area contributed by atoms with Gasteiger partial charge in [0.2, 0.25) is 5.95 Å². The van der Waals surface area contributed by atoms with Crippen molar-refractivity contribution in [1.82, 2.24) is 15.0 Å². The van der Waals surface area contributed by atoms with Crippen LogP contribution >= 0.6 is 0 Å². The fourth-order valence-electron chi connectivity index (χ4n) is 2.03. The number of nitriles is 1. The molecule has 3 aromatic rings. The zero-order valence-electron chi connectivity index (χ0n) is 10.8. The minimum atomic E-state index is 0.349. The van der Waals surface area contributed by atoms with Gasteiger partial charge in [0.1, 0.15) is 11.8 Å². The number of rotatable bonds is 2. The normalized spacial score (nSPS) is 10.2. The maximum Gasteiger partial charge on any atom is 0.228 e. The third-order valence-electron chi connectivity index (χ3n) is 2.90. The van der Waals surface area contributed by atoms with Gasteiger partial charge in [0.15, 0.2) is 0 Å². The van der Waals surface area contributed by atoms with Crippen LogP contribution in [0.25, 0.3) is 10.8 Å². The number of aryl methyl sites for hydroxylation is 1. The van der Waals surface area contributed by atoms with E-state index in [1.165, 1.54) is 0 Å². The van der Waals surface area contributed by atoms with Crippen molar-refractivity contribution in [2.45, 2.75) is 6.92 Å². The number of pyridine rings is 1. The number of hydrogen-bond donors (Lipinski definition) is 1. The summed E-state index contributed by atoms with van der Waals surface area (Å²) >= 11 is 0. The van der Waals surface area contributed by atoms with E-state index in [0.717, 1.165) is 22.2 Å². The van der Waals surface area contributed by atoms with Crippen LogP contribution in [-0.2, 0) is 0 Å². The zero-order valence-corrected chi connectivity index (χ0v) is 10.8. The first-order valence-corrected chi connectivity index (χ1v) is 6.12. The molecule has 0 bridgehead atoms. The lowest BCUT2D eigenvalue weighted by atomic mass is 10.1. The van der Waals surface area contributed by atoms with Crippen LogP contribution in [0.2, 0.25) is 0 Å². The molecule has 0 amide bonds. The molecule has 0 aliphatic heterocycles. The molecule has 0 spiro atoms. The van der Waals surface area contributed by atoms with Crippen molar-refractivity contribution >= 4 is 22.4 Å². The molecule has 5 heteroatoms. The van der Waals surface area contributed by atoms with Gasteiger partial charge in [0.25, 0.3) is 0 Å². The highest BCUT2D eigenvalue weighted by atomic mass is 15.1. The van der Waals surface area contributed by atoms with Gasteiger partial charge in [-0.1, -0.05) is 12.1 Å². The largest absolute Gasteiger partial charge is 0.324 e. The molecule has 0 saturated heterocycles. The van der Waals surface area contributed by atoms with Gasteiger partial charge >= 0.3 is 0 Å². The van der Waals surface area contributed by atoms with E-state index in [9.17, 15) is 0 Å². The van der Waals surface area contributed by atoms with Crippen LogP contribution in [0.3, 0.4) is 0 Å². The highest BCUT2D eigenvalue weighted by Gasteiger charge is 2.05. The molecular weight excluding hydrogens is 250 g/mol. The number of hydrogen-bond acceptors (Lipinski definition) is 5. The molecule has 5 nitrogen and oxygen atoms in total. The Hall–Kier alpha value is -3.00. The molecule has 0 unspecified atom stereocenters. The Morgan fingerprint density at radius 1 is 1.20 bits per heavy atom. The van der Waals surface area contributed by atoms with Gasteiger partial charge < -0.3 is 5.32 Å². The summed E-state index contributed by atoms with van der Waals surface area (Å²) in [4.78, 5) is 12.6. The Morgan fingerprint density at radius 3 is 2.95 bits per heavy atom. The minimum Gasteiger partial charge on any atom is -0.324 e. The predicted molar refractivity (Wildman–Crippen MR) is 76.5 cm³/mol. The molecule has 2 heterocycles. The van der Waals surface area contributed by atoms with Crippen LogP contribution in [-0.4, -0.2) is 15.0 Å². The van der Waals surface area contributed by atoms with Crippen molar-refractivity contribution in [3.63, 3.8) is 0 Å². The second-order valence-electron chi connectivity index (χ2n) is 4.36. The quantitative estimate of drug-likeness (QED) is 0.767. The minimum absolute atomic E-state index is 0.349. The van der Waals surface area contributed by atoms with Crippen LogP contribution in [0.4, 0.5) is 11.6 Å². The highest BCUT2D eigenvalue weighted by molar-refractivity contribution is 5.94. The summed E-state index contributed by atoms with van der Waals surface area (Å²) in [6.07, 6.45) is 3.55. The Labute approximate surface area is 116 Å². The first-order valence-electron chi connectivity index (χ1n) is 6.12. The Bertz CT molecular complexity index is 815. The van der Waals surface area contributed by atoms with Gasteiger partial charge in [0.05, 0.1) is 0 Å². The van der Waals surface area contributed by atoms with E-state index in [1.54, 1.807) is 18.5 Å². The molecule has 1 N–H and O–H groups in total. The summed E-state index contributed by atoms with van der Waals surface area (Å²) in [7, 11) is 0. The standard InChI is InChI=1S/C15H11N5/c1-10-7-12(8-16)19-15(18-10)20-14-4-2-3-11-9-17-6-5-13(11)14/h2-7,9H,1H3,(H,18,19,20). The Kier molecular flexibility index (Phi) is 2.98. The maximum atomic E-state index is 8.95. The average Bonchev–Trinajstić information content (AvgIpc) is 2.47. The lowest BCUT2D eigenvalue weighted by Crippen LogP contribution is -2.00. The van der Waals surface area contributed by atoms with Gasteiger partial charge in [-0.15, -0.1) is 0 Å². The fraction of sp³-hybridized carbons (Fsp3) is 0.0667. The highest BCUT2D eigenvalue weighted by Crippen LogP contribution is 2.24. The predicted octanol–water partition coefficient (Wildman–Crippen LogP) is 2.95.